The van der Waals surface area contributed by atoms with E-state index < -0.39 is 0 Å². The van der Waals surface area contributed by atoms with Crippen molar-refractivity contribution in [2.45, 2.75) is 6.42 Å². The maximum absolute atomic E-state index is 12.9. The third kappa shape index (κ3) is 2.85. The lowest BCUT2D eigenvalue weighted by Crippen LogP contribution is -2.47. The number of rotatable bonds is 2. The first kappa shape index (κ1) is 16.6. The van der Waals surface area contributed by atoms with Crippen molar-refractivity contribution in [2.75, 3.05) is 44.7 Å². The molecule has 5 rings (SSSR count). The van der Waals surface area contributed by atoms with Crippen molar-refractivity contribution < 1.29 is 4.79 Å². The van der Waals surface area contributed by atoms with Crippen molar-refractivity contribution in [1.29, 1.82) is 0 Å². The molecule has 27 heavy (non-hydrogen) atoms. The van der Waals surface area contributed by atoms with Gasteiger partial charge in [0.25, 0.3) is 5.91 Å². The average Bonchev–Trinajstić information content (AvgIpc) is 3.32. The summed E-state index contributed by atoms with van der Waals surface area (Å²) in [6, 6.07) is 8.36. The number of para-hydroxylation sites is 1. The van der Waals surface area contributed by atoms with Gasteiger partial charge in [-0.05, 0) is 25.1 Å². The molecule has 2 aliphatic heterocycles. The van der Waals surface area contributed by atoms with Gasteiger partial charge in [-0.25, -0.2) is 15.0 Å². The van der Waals surface area contributed by atoms with Crippen LogP contribution < -0.4 is 4.90 Å². The van der Waals surface area contributed by atoms with Crippen LogP contribution in [0, 0.1) is 0 Å². The summed E-state index contributed by atoms with van der Waals surface area (Å²) >= 11 is 1.36. The molecule has 1 saturated heterocycles. The third-order valence-corrected chi connectivity index (χ3v) is 6.24. The van der Waals surface area contributed by atoms with Gasteiger partial charge in [-0.2, -0.15) is 0 Å². The number of amides is 1. The summed E-state index contributed by atoms with van der Waals surface area (Å²) in [5.41, 5.74) is 3.20. The Balaban J connectivity index is 1.50. The predicted molar refractivity (Wildman–Crippen MR) is 106 cm³/mol. The molecule has 2 aromatic heterocycles. The number of fused-ring (bicyclic) bond motifs is 2. The summed E-state index contributed by atoms with van der Waals surface area (Å²) in [6.07, 6.45) is 2.56. The molecule has 0 radical (unpaired) electrons. The van der Waals surface area contributed by atoms with E-state index in [2.05, 4.69) is 50.0 Å². The molecule has 3 aromatic rings. The van der Waals surface area contributed by atoms with Crippen molar-refractivity contribution >= 4 is 39.1 Å². The SMILES string of the molecule is CN1CCN(C(=O)c2nc3c(N4CCc5ccccc54)ncnc3s2)CC1. The lowest BCUT2D eigenvalue weighted by atomic mass is 10.2. The van der Waals surface area contributed by atoms with Gasteiger partial charge in [0.05, 0.1) is 0 Å². The fourth-order valence-electron chi connectivity index (χ4n) is 3.73. The van der Waals surface area contributed by atoms with Crippen molar-refractivity contribution in [2.24, 2.45) is 0 Å². The van der Waals surface area contributed by atoms with E-state index in [1.807, 2.05) is 11.0 Å². The van der Waals surface area contributed by atoms with Crippen molar-refractivity contribution in [3.8, 4) is 0 Å². The van der Waals surface area contributed by atoms with Crippen LogP contribution in [0.2, 0.25) is 0 Å². The van der Waals surface area contributed by atoms with Gasteiger partial charge in [0.1, 0.15) is 16.7 Å². The molecule has 138 valence electrons. The van der Waals surface area contributed by atoms with Crippen LogP contribution in [0.4, 0.5) is 11.5 Å². The zero-order valence-electron chi connectivity index (χ0n) is 15.1. The van der Waals surface area contributed by atoms with Gasteiger partial charge in [0.2, 0.25) is 0 Å². The highest BCUT2D eigenvalue weighted by atomic mass is 32.1. The highest BCUT2D eigenvalue weighted by molar-refractivity contribution is 7.19. The second kappa shape index (κ2) is 6.54. The Morgan fingerprint density at radius 1 is 1.07 bits per heavy atom. The molecular weight excluding hydrogens is 360 g/mol. The van der Waals surface area contributed by atoms with Crippen LogP contribution in [-0.2, 0) is 6.42 Å². The summed E-state index contributed by atoms with van der Waals surface area (Å²) in [5.74, 6) is 0.789. The van der Waals surface area contributed by atoms with Gasteiger partial charge in [0, 0.05) is 38.4 Å². The van der Waals surface area contributed by atoms with Gasteiger partial charge in [-0.15, -0.1) is 0 Å². The molecule has 0 spiro atoms. The largest absolute Gasteiger partial charge is 0.334 e. The van der Waals surface area contributed by atoms with Gasteiger partial charge >= 0.3 is 0 Å². The number of carbonyl (C=O) groups is 1. The van der Waals surface area contributed by atoms with Gasteiger partial charge in [-0.3, -0.25) is 4.79 Å². The maximum atomic E-state index is 12.9. The average molecular weight is 380 g/mol. The normalized spacial score (nSPS) is 17.5. The minimum Gasteiger partial charge on any atom is -0.334 e. The van der Waals surface area contributed by atoms with Gasteiger partial charge in [-0.1, -0.05) is 29.5 Å². The fraction of sp³-hybridized carbons (Fsp3) is 0.368. The molecule has 0 aliphatic carbocycles. The first-order valence-corrected chi connectivity index (χ1v) is 9.97. The van der Waals surface area contributed by atoms with E-state index >= 15 is 0 Å². The zero-order valence-corrected chi connectivity index (χ0v) is 15.9. The van der Waals surface area contributed by atoms with Crippen molar-refractivity contribution in [1.82, 2.24) is 24.8 Å². The Hall–Kier alpha value is -2.58. The van der Waals surface area contributed by atoms with Crippen LogP contribution in [0.25, 0.3) is 10.3 Å². The van der Waals surface area contributed by atoms with Crippen LogP contribution in [-0.4, -0.2) is 70.4 Å². The predicted octanol–water partition coefficient (Wildman–Crippen LogP) is 2.17. The lowest BCUT2D eigenvalue weighted by Gasteiger charge is -2.31. The van der Waals surface area contributed by atoms with Crippen LogP contribution in [0.1, 0.15) is 15.4 Å². The third-order valence-electron chi connectivity index (χ3n) is 5.29. The van der Waals surface area contributed by atoms with E-state index in [0.717, 1.165) is 61.0 Å². The van der Waals surface area contributed by atoms with Gasteiger partial charge in [0.15, 0.2) is 10.8 Å². The molecule has 8 heteroatoms. The van der Waals surface area contributed by atoms with Crippen molar-refractivity contribution in [3.63, 3.8) is 0 Å². The van der Waals surface area contributed by atoms with Crippen LogP contribution in [0.3, 0.4) is 0 Å². The van der Waals surface area contributed by atoms with Crippen molar-refractivity contribution in [3.05, 3.63) is 41.2 Å². The molecule has 1 fully saturated rings. The number of carbonyl (C=O) groups excluding carboxylic acids is 1. The number of thiazole rings is 1. The van der Waals surface area contributed by atoms with Gasteiger partial charge < -0.3 is 14.7 Å². The van der Waals surface area contributed by atoms with E-state index in [1.165, 1.54) is 16.9 Å². The molecule has 2 aliphatic rings. The molecule has 4 heterocycles. The van der Waals surface area contributed by atoms with E-state index in [0.29, 0.717) is 5.01 Å². The molecule has 7 nitrogen and oxygen atoms in total. The summed E-state index contributed by atoms with van der Waals surface area (Å²) in [5, 5.41) is 0.504. The smallest absolute Gasteiger partial charge is 0.283 e. The first-order chi connectivity index (χ1) is 13.2. The zero-order chi connectivity index (χ0) is 18.4. The standard InChI is InChI=1S/C19H20N6OS/c1-23-8-10-24(11-9-23)19(26)18-22-15-16(20-12-21-17(15)27-18)25-7-6-13-4-2-3-5-14(13)25/h2-5,12H,6-11H2,1H3. The molecule has 0 unspecified atom stereocenters. The second-order valence-electron chi connectivity index (χ2n) is 7.00. The van der Waals surface area contributed by atoms with E-state index in [9.17, 15) is 4.79 Å². The van der Waals surface area contributed by atoms with E-state index in [-0.39, 0.29) is 5.91 Å². The number of nitrogens with zero attached hydrogens (tertiary/aromatic N) is 6. The maximum Gasteiger partial charge on any atom is 0.283 e. The number of hydrogen-bond acceptors (Lipinski definition) is 7. The number of benzene rings is 1. The topological polar surface area (TPSA) is 65.5 Å². The fourth-order valence-corrected chi connectivity index (χ4v) is 4.60. The number of aromatic nitrogens is 3. The lowest BCUT2D eigenvalue weighted by molar-refractivity contribution is 0.0664. The van der Waals surface area contributed by atoms with Crippen LogP contribution in [0.5, 0.6) is 0 Å². The van der Waals surface area contributed by atoms with Crippen LogP contribution in [0.15, 0.2) is 30.6 Å². The molecule has 1 amide bonds. The number of hydrogen-bond donors (Lipinski definition) is 0. The second-order valence-corrected chi connectivity index (χ2v) is 7.97. The van der Waals surface area contributed by atoms with E-state index in [1.54, 1.807) is 6.33 Å². The summed E-state index contributed by atoms with van der Waals surface area (Å²) in [7, 11) is 2.08. The quantitative estimate of drug-likeness (QED) is 0.679. The Labute approximate surface area is 161 Å². The number of anilines is 2. The summed E-state index contributed by atoms with van der Waals surface area (Å²) < 4.78 is 0. The molecule has 0 saturated carbocycles. The summed E-state index contributed by atoms with van der Waals surface area (Å²) in [6.45, 7) is 4.13. The molecule has 1 aromatic carbocycles. The Morgan fingerprint density at radius 3 is 2.74 bits per heavy atom. The van der Waals surface area contributed by atoms with Crippen LogP contribution >= 0.6 is 11.3 Å². The minimum atomic E-state index is -0.00104. The monoisotopic (exact) mass is 380 g/mol. The number of piperazine rings is 1. The Kier molecular flexibility index (Phi) is 4.02. The molecule has 0 N–H and O–H groups in total. The Morgan fingerprint density at radius 2 is 1.89 bits per heavy atom. The Bertz CT molecular complexity index is 1010. The molecular formula is C19H20N6OS. The highest BCUT2D eigenvalue weighted by Crippen LogP contribution is 2.37. The van der Waals surface area contributed by atoms with E-state index in [4.69, 9.17) is 0 Å². The minimum absolute atomic E-state index is 0.00104. The first-order valence-electron chi connectivity index (χ1n) is 9.15. The molecule has 0 bridgehead atoms. The number of likely N-dealkylation sites (N-methyl/N-ethyl adjacent to an activating group) is 1. The molecule has 0 atom stereocenters. The highest BCUT2D eigenvalue weighted by Gasteiger charge is 2.27. The summed E-state index contributed by atoms with van der Waals surface area (Å²) in [4.78, 5) is 33.5.